The number of ether oxygens (including phenoxy) is 3. The van der Waals surface area contributed by atoms with Crippen molar-refractivity contribution in [3.63, 3.8) is 0 Å². The minimum atomic E-state index is -1.63. The Morgan fingerprint density at radius 1 is 0.541 bits per heavy atom. The normalized spacial score (nSPS) is 19.9. The first-order chi connectivity index (χ1) is 36.2. The summed E-state index contributed by atoms with van der Waals surface area (Å²) in [6, 6.07) is -1.07. The first kappa shape index (κ1) is 68.9. The van der Waals surface area contributed by atoms with E-state index in [1.165, 1.54) is 116 Å². The van der Waals surface area contributed by atoms with Crippen molar-refractivity contribution in [2.75, 3.05) is 13.2 Å². The van der Waals surface area contributed by atoms with E-state index in [9.17, 15) is 35.1 Å². The van der Waals surface area contributed by atoms with Crippen LogP contribution in [-0.2, 0) is 23.8 Å². The van der Waals surface area contributed by atoms with Gasteiger partial charge in [-0.3, -0.25) is 9.59 Å². The van der Waals surface area contributed by atoms with Crippen molar-refractivity contribution in [2.45, 2.75) is 288 Å². The number of unbranched alkanes of at least 4 members (excludes halogenated alkanes) is 24. The van der Waals surface area contributed by atoms with Gasteiger partial charge in [-0.2, -0.15) is 0 Å². The maximum atomic E-state index is 13.4. The summed E-state index contributed by atoms with van der Waals surface area (Å²) < 4.78 is 17.6. The molecule has 426 valence electrons. The molecule has 1 aliphatic rings. The average Bonchev–Trinajstić information content (AvgIpc) is 3.40. The number of esters is 1. The molecule has 0 spiro atoms. The second-order valence-electron chi connectivity index (χ2n) is 20.4. The Labute approximate surface area is 451 Å². The van der Waals surface area contributed by atoms with Crippen LogP contribution in [-0.4, -0.2) is 99.6 Å². The topological polar surface area (TPSA) is 175 Å². The summed E-state index contributed by atoms with van der Waals surface area (Å²) in [7, 11) is 0. The highest BCUT2D eigenvalue weighted by molar-refractivity contribution is 5.81. The Balaban J connectivity index is 2.78. The van der Waals surface area contributed by atoms with E-state index in [0.717, 1.165) is 77.0 Å². The van der Waals surface area contributed by atoms with E-state index in [2.05, 4.69) is 80.8 Å². The number of rotatable bonds is 49. The predicted molar refractivity (Wildman–Crippen MR) is 306 cm³/mol. The first-order valence-corrected chi connectivity index (χ1v) is 29.9. The predicted octanol–water partition coefficient (Wildman–Crippen LogP) is 13.8. The van der Waals surface area contributed by atoms with Crippen molar-refractivity contribution in [3.8, 4) is 0 Å². The quantitative estimate of drug-likeness (QED) is 0.0195. The minimum absolute atomic E-state index is 0.0558. The highest BCUT2D eigenvalue weighted by Gasteiger charge is 2.47. The standard InChI is InChI=1S/C63H109NO10/c1-4-7-10-13-16-19-22-25-27-28-29-30-32-35-38-41-44-47-50-56(67)62(71)64-54(55(66)49-46-43-40-37-34-31-24-21-18-15-12-9-6-3)53-72-63-61(60(70)59(69)57(52-65)73-63)74-58(68)51-48-45-42-39-36-33-26-23-20-17-14-11-8-5-2/h7,10,16,19,25,27,29-30,35,38,44,46-47,49,54-57,59-61,63,65-67,69-70H,4-6,8-9,11-15,17-18,20-24,26,28,31-34,36-37,39-43,45,48,50-53H2,1-3H3,(H,64,71)/b10-7-,19-16-,27-25-,30-29-,38-35-,47-44-,49-46+. The Kier molecular flexibility index (Phi) is 47.1. The lowest BCUT2D eigenvalue weighted by Gasteiger charge is -2.41. The maximum Gasteiger partial charge on any atom is 0.306 e. The number of nitrogens with one attached hydrogen (secondary N) is 1. The van der Waals surface area contributed by atoms with Gasteiger partial charge in [-0.05, 0) is 57.8 Å². The van der Waals surface area contributed by atoms with Gasteiger partial charge in [-0.25, -0.2) is 0 Å². The molecule has 11 nitrogen and oxygen atoms in total. The van der Waals surface area contributed by atoms with Crippen LogP contribution in [0.15, 0.2) is 85.1 Å². The molecule has 8 unspecified atom stereocenters. The van der Waals surface area contributed by atoms with Crippen LogP contribution in [0.4, 0.5) is 0 Å². The molecule has 74 heavy (non-hydrogen) atoms. The number of carbonyl (C=O) groups is 2. The Hall–Kier alpha value is -3.16. The summed E-state index contributed by atoms with van der Waals surface area (Å²) in [5, 5.41) is 56.8. The van der Waals surface area contributed by atoms with Gasteiger partial charge in [0.1, 0.15) is 24.4 Å². The average molecular weight is 1040 g/mol. The van der Waals surface area contributed by atoms with E-state index >= 15 is 0 Å². The fraction of sp³-hybridized carbons (Fsp3) is 0.746. The third kappa shape index (κ3) is 38.4. The largest absolute Gasteiger partial charge is 0.454 e. The van der Waals surface area contributed by atoms with E-state index < -0.39 is 67.4 Å². The highest BCUT2D eigenvalue weighted by atomic mass is 16.7. The monoisotopic (exact) mass is 1040 g/mol. The molecular formula is C63H109NO10. The SMILES string of the molecule is CC/C=C\C/C=C\C/C=C\C/C=C\C/C=C\C/C=C\CC(O)C(=O)NC(COC1OC(CO)C(O)C(O)C1OC(=O)CCCCCCCCCCCCCCCC)C(O)/C=C/CCCCCCCCCCCCC. The lowest BCUT2D eigenvalue weighted by atomic mass is 9.99. The van der Waals surface area contributed by atoms with Crippen LogP contribution in [0.5, 0.6) is 0 Å². The summed E-state index contributed by atoms with van der Waals surface area (Å²) >= 11 is 0. The van der Waals surface area contributed by atoms with E-state index in [4.69, 9.17) is 14.2 Å². The van der Waals surface area contributed by atoms with Gasteiger partial charge in [0.25, 0.3) is 0 Å². The second-order valence-corrected chi connectivity index (χ2v) is 20.4. The van der Waals surface area contributed by atoms with Crippen LogP contribution in [0.3, 0.4) is 0 Å². The van der Waals surface area contributed by atoms with Crippen molar-refractivity contribution in [3.05, 3.63) is 85.1 Å². The summed E-state index contributed by atoms with van der Waals surface area (Å²) in [5.41, 5.74) is 0. The Bertz CT molecular complexity index is 1520. The van der Waals surface area contributed by atoms with Crippen molar-refractivity contribution in [1.29, 1.82) is 0 Å². The van der Waals surface area contributed by atoms with Gasteiger partial charge in [0, 0.05) is 12.8 Å². The molecule has 1 saturated heterocycles. The zero-order valence-corrected chi connectivity index (χ0v) is 46.9. The summed E-state index contributed by atoms with van der Waals surface area (Å²) in [5.74, 6) is -1.28. The van der Waals surface area contributed by atoms with Crippen LogP contribution >= 0.6 is 0 Å². The zero-order valence-electron chi connectivity index (χ0n) is 46.9. The van der Waals surface area contributed by atoms with Crippen LogP contribution in [0.2, 0.25) is 0 Å². The van der Waals surface area contributed by atoms with E-state index in [1.807, 2.05) is 18.2 Å². The van der Waals surface area contributed by atoms with Crippen molar-refractivity contribution < 1.29 is 49.3 Å². The number of hydrogen-bond acceptors (Lipinski definition) is 10. The summed E-state index contributed by atoms with van der Waals surface area (Å²) in [6.07, 6.45) is 55.0. The van der Waals surface area contributed by atoms with Gasteiger partial charge in [0.05, 0.1) is 25.4 Å². The fourth-order valence-corrected chi connectivity index (χ4v) is 8.84. The molecule has 0 aliphatic carbocycles. The number of aliphatic hydroxyl groups is 5. The number of hydrogen-bond donors (Lipinski definition) is 6. The summed E-state index contributed by atoms with van der Waals surface area (Å²) in [4.78, 5) is 26.5. The van der Waals surface area contributed by atoms with Gasteiger partial charge in [-0.1, -0.05) is 254 Å². The smallest absolute Gasteiger partial charge is 0.306 e. The molecule has 8 atom stereocenters. The van der Waals surface area contributed by atoms with Crippen molar-refractivity contribution >= 4 is 11.9 Å². The van der Waals surface area contributed by atoms with Gasteiger partial charge < -0.3 is 45.1 Å². The van der Waals surface area contributed by atoms with Gasteiger partial charge in [0.15, 0.2) is 12.4 Å². The number of allylic oxidation sites excluding steroid dienone is 12. The van der Waals surface area contributed by atoms with E-state index in [0.29, 0.717) is 12.8 Å². The minimum Gasteiger partial charge on any atom is -0.454 e. The zero-order chi connectivity index (χ0) is 54.0. The molecule has 0 aromatic carbocycles. The molecule has 0 aromatic heterocycles. The van der Waals surface area contributed by atoms with Crippen molar-refractivity contribution in [1.82, 2.24) is 5.32 Å². The lowest BCUT2D eigenvalue weighted by molar-refractivity contribution is -0.305. The molecule has 1 fully saturated rings. The van der Waals surface area contributed by atoms with Gasteiger partial charge >= 0.3 is 5.97 Å². The molecule has 0 bridgehead atoms. The number of carbonyl (C=O) groups excluding carboxylic acids is 2. The molecule has 1 amide bonds. The fourth-order valence-electron chi connectivity index (χ4n) is 8.84. The number of aliphatic hydroxyl groups excluding tert-OH is 5. The first-order valence-electron chi connectivity index (χ1n) is 29.9. The maximum absolute atomic E-state index is 13.4. The van der Waals surface area contributed by atoms with Crippen LogP contribution in [0.25, 0.3) is 0 Å². The molecule has 0 aromatic rings. The highest BCUT2D eigenvalue weighted by Crippen LogP contribution is 2.26. The second kappa shape index (κ2) is 50.6. The van der Waals surface area contributed by atoms with Crippen LogP contribution in [0, 0.1) is 0 Å². The Morgan fingerprint density at radius 3 is 1.41 bits per heavy atom. The Morgan fingerprint density at radius 2 is 0.959 bits per heavy atom. The lowest BCUT2D eigenvalue weighted by Crippen LogP contribution is -2.61. The van der Waals surface area contributed by atoms with E-state index in [-0.39, 0.29) is 19.4 Å². The molecule has 0 saturated carbocycles. The molecular weight excluding hydrogens is 931 g/mol. The van der Waals surface area contributed by atoms with E-state index in [1.54, 1.807) is 12.2 Å². The molecule has 1 aliphatic heterocycles. The molecule has 6 N–H and O–H groups in total. The van der Waals surface area contributed by atoms with Crippen LogP contribution < -0.4 is 5.32 Å². The van der Waals surface area contributed by atoms with Gasteiger partial charge in [0.2, 0.25) is 5.91 Å². The molecule has 11 heteroatoms. The molecule has 1 rings (SSSR count). The third-order valence-corrected chi connectivity index (χ3v) is 13.6. The molecule has 1 heterocycles. The van der Waals surface area contributed by atoms with Crippen LogP contribution in [0.1, 0.15) is 239 Å². The third-order valence-electron chi connectivity index (χ3n) is 13.6. The van der Waals surface area contributed by atoms with Gasteiger partial charge in [-0.15, -0.1) is 0 Å². The number of amides is 1. The summed E-state index contributed by atoms with van der Waals surface area (Å²) in [6.45, 7) is 5.62. The molecule has 0 radical (unpaired) electrons. The van der Waals surface area contributed by atoms with Crippen molar-refractivity contribution in [2.24, 2.45) is 0 Å².